The molecule has 186 valence electrons. The van der Waals surface area contributed by atoms with E-state index in [1.165, 1.54) is 4.88 Å². The Kier molecular flexibility index (Phi) is 9.65. The molecule has 0 spiro atoms. The summed E-state index contributed by atoms with van der Waals surface area (Å²) >= 11 is 7.88. The number of nitrogens with one attached hydrogen (secondary N) is 1. The van der Waals surface area contributed by atoms with Gasteiger partial charge in [-0.3, -0.25) is 4.79 Å². The van der Waals surface area contributed by atoms with Crippen LogP contribution in [0, 0.1) is 12.8 Å². The summed E-state index contributed by atoms with van der Waals surface area (Å²) in [6, 6.07) is 7.32. The lowest BCUT2D eigenvalue weighted by atomic mass is 10.00. The highest BCUT2D eigenvalue weighted by molar-refractivity contribution is 7.10. The van der Waals surface area contributed by atoms with E-state index >= 15 is 0 Å². The Bertz CT molecular complexity index is 980. The van der Waals surface area contributed by atoms with Crippen LogP contribution in [0.3, 0.4) is 0 Å². The number of aryl methyl sites for hydroxylation is 1. The molecule has 0 radical (unpaired) electrons. The first-order valence-corrected chi connectivity index (χ1v) is 13.4. The quantitative estimate of drug-likeness (QED) is 0.451. The van der Waals surface area contributed by atoms with Crippen molar-refractivity contribution in [2.45, 2.75) is 53.0 Å². The molecule has 0 saturated carbocycles. The topological polar surface area (TPSA) is 61.9 Å². The normalized spacial score (nSPS) is 16.0. The van der Waals surface area contributed by atoms with Crippen molar-refractivity contribution >= 4 is 34.9 Å². The third kappa shape index (κ3) is 6.66. The fourth-order valence-electron chi connectivity index (χ4n) is 4.08. The van der Waals surface area contributed by atoms with E-state index in [-0.39, 0.29) is 24.5 Å². The number of carbonyl (C=O) groups excluding carboxylic acids is 2. The van der Waals surface area contributed by atoms with Crippen LogP contribution < -0.4 is 10.1 Å². The van der Waals surface area contributed by atoms with Crippen LogP contribution in [0.1, 0.15) is 55.7 Å². The van der Waals surface area contributed by atoms with Gasteiger partial charge in [-0.1, -0.05) is 38.8 Å². The lowest BCUT2D eigenvalue weighted by molar-refractivity contribution is -0.135. The minimum absolute atomic E-state index is 0.0484. The molecule has 8 heteroatoms. The number of thiophene rings is 1. The van der Waals surface area contributed by atoms with Gasteiger partial charge in [-0.05, 0) is 66.5 Å². The van der Waals surface area contributed by atoms with Gasteiger partial charge in [-0.15, -0.1) is 11.3 Å². The fourth-order valence-corrected chi connectivity index (χ4v) is 5.12. The molecule has 0 fully saturated rings. The van der Waals surface area contributed by atoms with Crippen LogP contribution in [0.5, 0.6) is 5.75 Å². The van der Waals surface area contributed by atoms with Gasteiger partial charge < -0.3 is 19.9 Å². The molecule has 1 N–H and O–H groups in total. The number of carbonyl (C=O) groups is 2. The molecule has 6 nitrogen and oxygen atoms in total. The molecule has 2 aromatic rings. The predicted molar refractivity (Wildman–Crippen MR) is 139 cm³/mol. The van der Waals surface area contributed by atoms with Crippen LogP contribution in [-0.2, 0) is 11.2 Å². The van der Waals surface area contributed by atoms with Crippen LogP contribution in [0.2, 0.25) is 5.02 Å². The number of fused-ring (bicyclic) bond motifs is 1. The van der Waals surface area contributed by atoms with Crippen LogP contribution in [0.15, 0.2) is 29.6 Å². The van der Waals surface area contributed by atoms with Gasteiger partial charge in [-0.2, -0.15) is 0 Å². The maximum absolute atomic E-state index is 13.5. The van der Waals surface area contributed by atoms with E-state index < -0.39 is 0 Å². The smallest absolute Gasteiger partial charge is 0.317 e. The highest BCUT2D eigenvalue weighted by atomic mass is 35.5. The van der Waals surface area contributed by atoms with E-state index in [9.17, 15) is 9.59 Å². The number of hydrogen-bond donors (Lipinski definition) is 1. The summed E-state index contributed by atoms with van der Waals surface area (Å²) in [6.45, 7) is 10.4. The molecule has 2 heterocycles. The molecule has 1 aromatic heterocycles. The van der Waals surface area contributed by atoms with Gasteiger partial charge in [0.15, 0.2) is 0 Å². The molecular weight excluding hydrogens is 470 g/mol. The fraction of sp³-hybridized carbons (Fsp3) is 0.538. The first kappa shape index (κ1) is 26.4. The van der Waals surface area contributed by atoms with Gasteiger partial charge in [0.2, 0.25) is 5.91 Å². The van der Waals surface area contributed by atoms with Crippen molar-refractivity contribution in [1.29, 1.82) is 0 Å². The summed E-state index contributed by atoms with van der Waals surface area (Å²) in [5, 5.41) is 5.71. The molecule has 0 saturated heterocycles. The SMILES string of the molecule is CCCNC(=O)N(CC(=O)N1CCc2sccc2C1COc1ccc(Cl)c(C)c1)CC(C)CC. The van der Waals surface area contributed by atoms with Crippen LogP contribution in [0.25, 0.3) is 0 Å². The molecule has 3 amide bonds. The van der Waals surface area contributed by atoms with Gasteiger partial charge in [0.25, 0.3) is 0 Å². The van der Waals surface area contributed by atoms with Crippen molar-refractivity contribution in [1.82, 2.24) is 15.1 Å². The second-order valence-electron chi connectivity index (χ2n) is 9.00. The van der Waals surface area contributed by atoms with Crippen LogP contribution in [-0.4, -0.2) is 54.5 Å². The number of halogens is 1. The largest absolute Gasteiger partial charge is 0.491 e. The lowest BCUT2D eigenvalue weighted by Crippen LogP contribution is -2.50. The van der Waals surface area contributed by atoms with Crippen molar-refractivity contribution in [3.05, 3.63) is 50.7 Å². The van der Waals surface area contributed by atoms with Gasteiger partial charge in [0.1, 0.15) is 18.9 Å². The molecule has 0 aliphatic carbocycles. The number of urea groups is 1. The van der Waals surface area contributed by atoms with Gasteiger partial charge in [-0.25, -0.2) is 4.79 Å². The second kappa shape index (κ2) is 12.5. The lowest BCUT2D eigenvalue weighted by Gasteiger charge is -2.37. The van der Waals surface area contributed by atoms with Gasteiger partial charge >= 0.3 is 6.03 Å². The number of benzene rings is 1. The van der Waals surface area contributed by atoms with E-state index in [4.69, 9.17) is 16.3 Å². The molecule has 1 aliphatic rings. The Balaban J connectivity index is 1.76. The molecule has 34 heavy (non-hydrogen) atoms. The van der Waals surface area contributed by atoms with Gasteiger partial charge in [0.05, 0.1) is 6.04 Å². The Morgan fingerprint density at radius 3 is 2.82 bits per heavy atom. The van der Waals surface area contributed by atoms with Crippen LogP contribution >= 0.6 is 22.9 Å². The number of amides is 3. The van der Waals surface area contributed by atoms with Crippen molar-refractivity contribution in [3.63, 3.8) is 0 Å². The van der Waals surface area contributed by atoms with Crippen LogP contribution in [0.4, 0.5) is 4.79 Å². The Morgan fingerprint density at radius 1 is 1.32 bits per heavy atom. The summed E-state index contributed by atoms with van der Waals surface area (Å²) in [6.07, 6.45) is 2.63. The van der Waals surface area contributed by atoms with Crippen molar-refractivity contribution in [2.75, 3.05) is 32.8 Å². The van der Waals surface area contributed by atoms with E-state index in [1.807, 2.05) is 36.9 Å². The average Bonchev–Trinajstić information content (AvgIpc) is 3.31. The molecule has 1 aliphatic heterocycles. The average molecular weight is 506 g/mol. The molecule has 2 atom stereocenters. The molecular formula is C26H36ClN3O3S. The van der Waals surface area contributed by atoms with E-state index in [2.05, 4.69) is 30.6 Å². The number of hydrogen-bond acceptors (Lipinski definition) is 4. The highest BCUT2D eigenvalue weighted by Crippen LogP contribution is 2.34. The van der Waals surface area contributed by atoms with Crippen molar-refractivity contribution < 1.29 is 14.3 Å². The second-order valence-corrected chi connectivity index (χ2v) is 10.4. The number of ether oxygens (including phenoxy) is 1. The summed E-state index contributed by atoms with van der Waals surface area (Å²) in [7, 11) is 0. The Labute approximate surface area is 212 Å². The summed E-state index contributed by atoms with van der Waals surface area (Å²) in [5.41, 5.74) is 2.09. The predicted octanol–water partition coefficient (Wildman–Crippen LogP) is 5.68. The number of rotatable bonds is 10. The Hall–Kier alpha value is -2.25. The summed E-state index contributed by atoms with van der Waals surface area (Å²) < 4.78 is 6.13. The zero-order chi connectivity index (χ0) is 24.7. The zero-order valence-corrected chi connectivity index (χ0v) is 22.2. The molecule has 3 rings (SSSR count). The first-order valence-electron chi connectivity index (χ1n) is 12.1. The molecule has 0 bridgehead atoms. The molecule has 2 unspecified atom stereocenters. The zero-order valence-electron chi connectivity index (χ0n) is 20.6. The monoisotopic (exact) mass is 505 g/mol. The third-order valence-corrected chi connectivity index (χ3v) is 7.74. The van der Waals surface area contributed by atoms with Crippen molar-refractivity contribution in [2.24, 2.45) is 5.92 Å². The number of nitrogens with zero attached hydrogens (tertiary/aromatic N) is 2. The minimum atomic E-state index is -0.192. The van der Waals surface area contributed by atoms with Gasteiger partial charge in [0, 0.05) is 29.5 Å². The molecule has 1 aromatic carbocycles. The first-order chi connectivity index (χ1) is 16.3. The van der Waals surface area contributed by atoms with E-state index in [1.54, 1.807) is 16.2 Å². The third-order valence-electron chi connectivity index (χ3n) is 6.32. The maximum Gasteiger partial charge on any atom is 0.317 e. The summed E-state index contributed by atoms with van der Waals surface area (Å²) in [4.78, 5) is 31.2. The minimum Gasteiger partial charge on any atom is -0.491 e. The van der Waals surface area contributed by atoms with E-state index in [0.29, 0.717) is 37.2 Å². The Morgan fingerprint density at radius 2 is 2.12 bits per heavy atom. The van der Waals surface area contributed by atoms with E-state index in [0.717, 1.165) is 36.1 Å². The van der Waals surface area contributed by atoms with Crippen molar-refractivity contribution in [3.8, 4) is 5.75 Å². The highest BCUT2D eigenvalue weighted by Gasteiger charge is 2.33. The maximum atomic E-state index is 13.5. The summed E-state index contributed by atoms with van der Waals surface area (Å²) in [5.74, 6) is 0.999. The standard InChI is InChI=1S/C26H36ClN3O3S/c1-5-11-28-26(32)29(15-18(3)6-2)16-25(31)30-12-9-24-21(10-13-34-24)23(30)17-33-20-7-8-22(27)19(4)14-20/h7-8,10,13-14,18,23H,5-6,9,11-12,15-17H2,1-4H3,(H,28,32).